The Balaban J connectivity index is 1.86. The number of amides is 1. The molecule has 1 aliphatic rings. The summed E-state index contributed by atoms with van der Waals surface area (Å²) >= 11 is 0. The number of nitrogens with two attached hydrogens (primary N) is 1. The molecular formula is C17H27N3O. The van der Waals surface area contributed by atoms with Gasteiger partial charge >= 0.3 is 0 Å². The van der Waals surface area contributed by atoms with Crippen molar-refractivity contribution in [2.75, 3.05) is 19.6 Å². The molecule has 1 fully saturated rings. The number of rotatable bonds is 6. The maximum Gasteiger partial charge on any atom is 0.224 e. The standard InChI is InChI=1S/C17H27N3O/c1-14(15-8-4-2-5-9-15)19-16(13-18)12-17(21)20-10-6-3-7-11-20/h2,4-5,8-9,14,16,19H,3,6-7,10-13,18H2,1H3. The molecule has 4 nitrogen and oxygen atoms in total. The van der Waals surface area contributed by atoms with Crippen LogP contribution in [0.1, 0.15) is 44.2 Å². The van der Waals surface area contributed by atoms with Crippen LogP contribution in [0.3, 0.4) is 0 Å². The van der Waals surface area contributed by atoms with Gasteiger partial charge in [0.15, 0.2) is 0 Å². The number of nitrogens with zero attached hydrogens (tertiary/aromatic N) is 1. The Bertz CT molecular complexity index is 429. The summed E-state index contributed by atoms with van der Waals surface area (Å²) in [7, 11) is 0. The normalized spacial score (nSPS) is 18.3. The molecule has 2 atom stereocenters. The molecule has 0 aromatic heterocycles. The van der Waals surface area contributed by atoms with E-state index in [1.165, 1.54) is 12.0 Å². The first-order valence-electron chi connectivity index (χ1n) is 7.99. The highest BCUT2D eigenvalue weighted by atomic mass is 16.2. The van der Waals surface area contributed by atoms with E-state index < -0.39 is 0 Å². The van der Waals surface area contributed by atoms with Gasteiger partial charge in [0, 0.05) is 38.1 Å². The van der Waals surface area contributed by atoms with Crippen LogP contribution >= 0.6 is 0 Å². The minimum Gasteiger partial charge on any atom is -0.343 e. The monoisotopic (exact) mass is 289 g/mol. The van der Waals surface area contributed by atoms with Crippen molar-refractivity contribution >= 4 is 5.91 Å². The molecule has 0 spiro atoms. The van der Waals surface area contributed by atoms with Crippen LogP contribution in [0.25, 0.3) is 0 Å². The summed E-state index contributed by atoms with van der Waals surface area (Å²) in [5.41, 5.74) is 7.07. The SMILES string of the molecule is CC(NC(CN)CC(=O)N1CCCCC1)c1ccccc1. The van der Waals surface area contributed by atoms with E-state index in [-0.39, 0.29) is 18.0 Å². The lowest BCUT2D eigenvalue weighted by atomic mass is 10.1. The minimum absolute atomic E-state index is 0.0367. The Morgan fingerprint density at radius 2 is 1.90 bits per heavy atom. The fraction of sp³-hybridized carbons (Fsp3) is 0.588. The van der Waals surface area contributed by atoms with E-state index in [9.17, 15) is 4.79 Å². The summed E-state index contributed by atoms with van der Waals surface area (Å²) in [5.74, 6) is 0.234. The van der Waals surface area contributed by atoms with E-state index >= 15 is 0 Å². The van der Waals surface area contributed by atoms with E-state index in [2.05, 4.69) is 24.4 Å². The largest absolute Gasteiger partial charge is 0.343 e. The fourth-order valence-corrected chi connectivity index (χ4v) is 2.88. The Morgan fingerprint density at radius 1 is 1.24 bits per heavy atom. The summed E-state index contributed by atoms with van der Waals surface area (Å²) in [6.45, 7) is 4.41. The molecule has 116 valence electrons. The Hall–Kier alpha value is -1.39. The van der Waals surface area contributed by atoms with E-state index in [1.807, 2.05) is 23.1 Å². The van der Waals surface area contributed by atoms with Gasteiger partial charge < -0.3 is 16.0 Å². The van der Waals surface area contributed by atoms with E-state index in [0.717, 1.165) is 25.9 Å². The molecular weight excluding hydrogens is 262 g/mol. The van der Waals surface area contributed by atoms with E-state index in [0.29, 0.717) is 13.0 Å². The number of carbonyl (C=O) groups is 1. The molecule has 2 unspecified atom stereocenters. The number of likely N-dealkylation sites (tertiary alicyclic amines) is 1. The molecule has 1 amide bonds. The third-order valence-electron chi connectivity index (χ3n) is 4.20. The predicted octanol–water partition coefficient (Wildman–Crippen LogP) is 2.07. The Labute approximate surface area is 127 Å². The molecule has 1 aliphatic heterocycles. The minimum atomic E-state index is 0.0367. The highest BCUT2D eigenvalue weighted by Gasteiger charge is 2.21. The molecule has 21 heavy (non-hydrogen) atoms. The lowest BCUT2D eigenvalue weighted by molar-refractivity contribution is -0.132. The number of carbonyl (C=O) groups excluding carboxylic acids is 1. The van der Waals surface area contributed by atoms with Gasteiger partial charge in [-0.25, -0.2) is 0 Å². The average Bonchev–Trinajstić information content (AvgIpc) is 2.55. The average molecular weight is 289 g/mol. The van der Waals surface area contributed by atoms with Crippen molar-refractivity contribution in [1.82, 2.24) is 10.2 Å². The van der Waals surface area contributed by atoms with Gasteiger partial charge in [0.2, 0.25) is 5.91 Å². The molecule has 0 aliphatic carbocycles. The van der Waals surface area contributed by atoms with Crippen LogP contribution in [0.4, 0.5) is 0 Å². The molecule has 0 bridgehead atoms. The highest BCUT2D eigenvalue weighted by molar-refractivity contribution is 5.77. The summed E-state index contributed by atoms with van der Waals surface area (Å²) in [4.78, 5) is 14.3. The van der Waals surface area contributed by atoms with Gasteiger partial charge in [-0.2, -0.15) is 0 Å². The third-order valence-corrected chi connectivity index (χ3v) is 4.20. The van der Waals surface area contributed by atoms with Gasteiger partial charge in [-0.1, -0.05) is 30.3 Å². The zero-order chi connectivity index (χ0) is 15.1. The Morgan fingerprint density at radius 3 is 2.52 bits per heavy atom. The van der Waals surface area contributed by atoms with Crippen LogP contribution in [-0.2, 0) is 4.79 Å². The molecule has 0 saturated carbocycles. The molecule has 1 saturated heterocycles. The van der Waals surface area contributed by atoms with E-state index in [4.69, 9.17) is 5.73 Å². The van der Waals surface area contributed by atoms with Crippen LogP contribution < -0.4 is 11.1 Å². The van der Waals surface area contributed by atoms with Gasteiger partial charge in [0.1, 0.15) is 0 Å². The van der Waals surface area contributed by atoms with Crippen LogP contribution in [0.15, 0.2) is 30.3 Å². The van der Waals surface area contributed by atoms with Crippen molar-refractivity contribution in [1.29, 1.82) is 0 Å². The van der Waals surface area contributed by atoms with Crippen molar-refractivity contribution in [3.8, 4) is 0 Å². The van der Waals surface area contributed by atoms with Gasteiger partial charge in [0.25, 0.3) is 0 Å². The number of hydrogen-bond acceptors (Lipinski definition) is 3. The molecule has 1 aromatic rings. The van der Waals surface area contributed by atoms with Crippen LogP contribution in [0.5, 0.6) is 0 Å². The maximum absolute atomic E-state index is 12.3. The van der Waals surface area contributed by atoms with Crippen molar-refractivity contribution < 1.29 is 4.79 Å². The molecule has 2 rings (SSSR count). The van der Waals surface area contributed by atoms with Crippen LogP contribution in [0, 0.1) is 0 Å². The molecule has 0 radical (unpaired) electrons. The Kier molecular flexibility index (Phi) is 6.21. The number of benzene rings is 1. The zero-order valence-electron chi connectivity index (χ0n) is 12.9. The second-order valence-corrected chi connectivity index (χ2v) is 5.88. The first kappa shape index (κ1) is 16.0. The first-order valence-corrected chi connectivity index (χ1v) is 7.99. The molecule has 4 heteroatoms. The quantitative estimate of drug-likeness (QED) is 0.843. The number of hydrogen-bond donors (Lipinski definition) is 2. The highest BCUT2D eigenvalue weighted by Crippen LogP contribution is 2.14. The fourth-order valence-electron chi connectivity index (χ4n) is 2.88. The molecule has 1 heterocycles. The van der Waals surface area contributed by atoms with Crippen LogP contribution in [0.2, 0.25) is 0 Å². The zero-order valence-corrected chi connectivity index (χ0v) is 12.9. The number of nitrogens with one attached hydrogen (secondary N) is 1. The molecule has 1 aromatic carbocycles. The van der Waals surface area contributed by atoms with Crippen molar-refractivity contribution in [3.05, 3.63) is 35.9 Å². The van der Waals surface area contributed by atoms with Gasteiger partial charge in [-0.3, -0.25) is 4.79 Å². The predicted molar refractivity (Wildman–Crippen MR) is 85.9 cm³/mol. The smallest absolute Gasteiger partial charge is 0.224 e. The topological polar surface area (TPSA) is 58.4 Å². The summed E-state index contributed by atoms with van der Waals surface area (Å²) in [6.07, 6.45) is 4.00. The summed E-state index contributed by atoms with van der Waals surface area (Å²) in [6, 6.07) is 10.5. The third kappa shape index (κ3) is 4.83. The number of piperidine rings is 1. The van der Waals surface area contributed by atoms with Crippen molar-refractivity contribution in [2.45, 2.75) is 44.7 Å². The second-order valence-electron chi connectivity index (χ2n) is 5.88. The molecule has 3 N–H and O–H groups in total. The van der Waals surface area contributed by atoms with Crippen LogP contribution in [-0.4, -0.2) is 36.5 Å². The summed E-state index contributed by atoms with van der Waals surface area (Å²) < 4.78 is 0. The van der Waals surface area contributed by atoms with Gasteiger partial charge in [-0.15, -0.1) is 0 Å². The van der Waals surface area contributed by atoms with Crippen molar-refractivity contribution in [3.63, 3.8) is 0 Å². The van der Waals surface area contributed by atoms with Crippen molar-refractivity contribution in [2.24, 2.45) is 5.73 Å². The van der Waals surface area contributed by atoms with Gasteiger partial charge in [-0.05, 0) is 31.7 Å². The lowest BCUT2D eigenvalue weighted by Gasteiger charge is -2.29. The van der Waals surface area contributed by atoms with Gasteiger partial charge in [0.05, 0.1) is 0 Å². The summed E-state index contributed by atoms with van der Waals surface area (Å²) in [5, 5.41) is 3.48. The van der Waals surface area contributed by atoms with E-state index in [1.54, 1.807) is 0 Å². The lowest BCUT2D eigenvalue weighted by Crippen LogP contribution is -2.44. The maximum atomic E-state index is 12.3. The first-order chi connectivity index (χ1) is 10.2. The second kappa shape index (κ2) is 8.15.